The van der Waals surface area contributed by atoms with E-state index >= 15 is 0 Å². The van der Waals surface area contributed by atoms with Gasteiger partial charge in [-0.3, -0.25) is 4.68 Å². The molecule has 0 radical (unpaired) electrons. The highest BCUT2D eigenvalue weighted by molar-refractivity contribution is 4.98. The highest BCUT2D eigenvalue weighted by Crippen LogP contribution is 1.96. The molecule has 4 nitrogen and oxygen atoms in total. The van der Waals surface area contributed by atoms with Crippen molar-refractivity contribution in [3.05, 3.63) is 18.0 Å². The molecule has 1 atom stereocenters. The largest absolute Gasteiger partial charge is 0.396 e. The summed E-state index contributed by atoms with van der Waals surface area (Å²) >= 11 is 0. The molecule has 1 aromatic heterocycles. The third-order valence-electron chi connectivity index (χ3n) is 2.03. The average Bonchev–Trinajstić information content (AvgIpc) is 2.52. The Kier molecular flexibility index (Phi) is 3.92. The molecule has 0 spiro atoms. The van der Waals surface area contributed by atoms with Gasteiger partial charge < -0.3 is 10.4 Å². The molecule has 2 N–H and O–H groups in total. The van der Waals surface area contributed by atoms with Crippen LogP contribution in [0.5, 0.6) is 0 Å². The van der Waals surface area contributed by atoms with E-state index in [0.717, 1.165) is 18.8 Å². The van der Waals surface area contributed by atoms with Gasteiger partial charge in [0.05, 0.1) is 5.69 Å². The van der Waals surface area contributed by atoms with Crippen LogP contribution in [0.1, 0.15) is 12.6 Å². The van der Waals surface area contributed by atoms with E-state index in [4.69, 9.17) is 5.11 Å². The second kappa shape index (κ2) is 4.99. The molecule has 1 heterocycles. The van der Waals surface area contributed by atoms with E-state index in [0.29, 0.717) is 5.92 Å². The normalized spacial score (nSPS) is 13.2. The van der Waals surface area contributed by atoms with Crippen LogP contribution in [0.4, 0.5) is 0 Å². The van der Waals surface area contributed by atoms with Crippen LogP contribution >= 0.6 is 0 Å². The number of aliphatic hydroxyl groups excluding tert-OH is 1. The summed E-state index contributed by atoms with van der Waals surface area (Å²) in [5.41, 5.74) is 1.16. The molecule has 0 saturated carbocycles. The second-order valence-corrected chi connectivity index (χ2v) is 3.36. The van der Waals surface area contributed by atoms with Gasteiger partial charge in [-0.2, -0.15) is 5.10 Å². The third kappa shape index (κ3) is 3.16. The lowest BCUT2D eigenvalue weighted by molar-refractivity contribution is 0.233. The van der Waals surface area contributed by atoms with Crippen molar-refractivity contribution in [2.24, 2.45) is 13.0 Å². The molecule has 0 aliphatic rings. The number of rotatable bonds is 5. The van der Waals surface area contributed by atoms with Crippen LogP contribution in [-0.2, 0) is 13.6 Å². The minimum absolute atomic E-state index is 0.235. The maximum atomic E-state index is 8.79. The Morgan fingerprint density at radius 1 is 1.69 bits per heavy atom. The smallest absolute Gasteiger partial charge is 0.0518 e. The van der Waals surface area contributed by atoms with Gasteiger partial charge in [-0.15, -0.1) is 0 Å². The standard InChI is InChI=1S/C9H17N3O/c1-8(7-13)5-10-6-9-3-4-11-12(9)2/h3-4,8,10,13H,5-7H2,1-2H3. The summed E-state index contributed by atoms with van der Waals surface area (Å²) in [6.45, 7) is 3.89. The maximum Gasteiger partial charge on any atom is 0.0518 e. The van der Waals surface area contributed by atoms with E-state index in [1.54, 1.807) is 6.20 Å². The summed E-state index contributed by atoms with van der Waals surface area (Å²) in [7, 11) is 1.92. The van der Waals surface area contributed by atoms with Crippen molar-refractivity contribution >= 4 is 0 Å². The zero-order valence-electron chi connectivity index (χ0n) is 8.20. The summed E-state index contributed by atoms with van der Waals surface area (Å²) in [6, 6.07) is 1.98. The van der Waals surface area contributed by atoms with Crippen LogP contribution < -0.4 is 5.32 Å². The summed E-state index contributed by atoms with van der Waals surface area (Å²) in [6.07, 6.45) is 1.78. The molecular weight excluding hydrogens is 166 g/mol. The molecule has 13 heavy (non-hydrogen) atoms. The SMILES string of the molecule is CC(CO)CNCc1ccnn1C. The first kappa shape index (κ1) is 10.2. The van der Waals surface area contributed by atoms with Crippen molar-refractivity contribution in [1.82, 2.24) is 15.1 Å². The number of nitrogens with one attached hydrogen (secondary N) is 1. The van der Waals surface area contributed by atoms with Crippen molar-refractivity contribution in [3.8, 4) is 0 Å². The van der Waals surface area contributed by atoms with Gasteiger partial charge in [-0.25, -0.2) is 0 Å². The Balaban J connectivity index is 2.24. The summed E-state index contributed by atoms with van der Waals surface area (Å²) in [4.78, 5) is 0. The van der Waals surface area contributed by atoms with Gasteiger partial charge in [0.15, 0.2) is 0 Å². The number of nitrogens with zero attached hydrogens (tertiary/aromatic N) is 2. The quantitative estimate of drug-likeness (QED) is 0.682. The fourth-order valence-corrected chi connectivity index (χ4v) is 1.09. The maximum absolute atomic E-state index is 8.79. The lowest BCUT2D eigenvalue weighted by Gasteiger charge is -2.09. The van der Waals surface area contributed by atoms with E-state index in [1.807, 2.05) is 24.7 Å². The van der Waals surface area contributed by atoms with Gasteiger partial charge in [0, 0.05) is 32.9 Å². The topological polar surface area (TPSA) is 50.1 Å². The highest BCUT2D eigenvalue weighted by atomic mass is 16.3. The molecule has 0 aliphatic carbocycles. The number of hydrogen-bond donors (Lipinski definition) is 2. The Morgan fingerprint density at radius 3 is 3.00 bits per heavy atom. The van der Waals surface area contributed by atoms with Gasteiger partial charge >= 0.3 is 0 Å². The Bertz CT molecular complexity index is 247. The molecule has 1 rings (SSSR count). The zero-order valence-corrected chi connectivity index (χ0v) is 8.20. The number of aliphatic hydroxyl groups is 1. The molecule has 0 amide bonds. The predicted octanol–water partition coefficient (Wildman–Crippen LogP) is 0.138. The second-order valence-electron chi connectivity index (χ2n) is 3.36. The van der Waals surface area contributed by atoms with Gasteiger partial charge in [0.1, 0.15) is 0 Å². The number of aromatic nitrogens is 2. The van der Waals surface area contributed by atoms with E-state index in [9.17, 15) is 0 Å². The van der Waals surface area contributed by atoms with Crippen molar-refractivity contribution < 1.29 is 5.11 Å². The van der Waals surface area contributed by atoms with Crippen LogP contribution in [0.3, 0.4) is 0 Å². The van der Waals surface area contributed by atoms with Crippen LogP contribution in [0.25, 0.3) is 0 Å². The molecule has 1 aromatic rings. The average molecular weight is 183 g/mol. The Hall–Kier alpha value is -0.870. The van der Waals surface area contributed by atoms with Crippen molar-refractivity contribution in [1.29, 1.82) is 0 Å². The predicted molar refractivity (Wildman–Crippen MR) is 51.2 cm³/mol. The fraction of sp³-hybridized carbons (Fsp3) is 0.667. The summed E-state index contributed by atoms with van der Waals surface area (Å²) in [5.74, 6) is 0.313. The van der Waals surface area contributed by atoms with Gasteiger partial charge in [-0.1, -0.05) is 6.92 Å². The van der Waals surface area contributed by atoms with Crippen LogP contribution in [0.15, 0.2) is 12.3 Å². The Labute approximate surface area is 78.6 Å². The summed E-state index contributed by atoms with van der Waals surface area (Å²) < 4.78 is 1.84. The first-order chi connectivity index (χ1) is 6.24. The summed E-state index contributed by atoms with van der Waals surface area (Å²) in [5, 5.41) is 16.1. The lowest BCUT2D eigenvalue weighted by atomic mass is 10.2. The van der Waals surface area contributed by atoms with Gasteiger partial charge in [0.2, 0.25) is 0 Å². The Morgan fingerprint density at radius 2 is 2.46 bits per heavy atom. The zero-order chi connectivity index (χ0) is 9.68. The van der Waals surface area contributed by atoms with Gasteiger partial charge in [-0.05, 0) is 12.0 Å². The highest BCUT2D eigenvalue weighted by Gasteiger charge is 2.00. The lowest BCUT2D eigenvalue weighted by Crippen LogP contribution is -2.23. The van der Waals surface area contributed by atoms with Crippen LogP contribution in [0, 0.1) is 5.92 Å². The molecule has 0 fully saturated rings. The number of hydrogen-bond acceptors (Lipinski definition) is 3. The molecule has 0 aliphatic heterocycles. The van der Waals surface area contributed by atoms with Crippen LogP contribution in [0.2, 0.25) is 0 Å². The van der Waals surface area contributed by atoms with Gasteiger partial charge in [0.25, 0.3) is 0 Å². The van der Waals surface area contributed by atoms with Crippen molar-refractivity contribution in [2.75, 3.05) is 13.2 Å². The molecule has 4 heteroatoms. The van der Waals surface area contributed by atoms with E-state index < -0.39 is 0 Å². The van der Waals surface area contributed by atoms with Crippen molar-refractivity contribution in [2.45, 2.75) is 13.5 Å². The molecule has 74 valence electrons. The van der Waals surface area contributed by atoms with E-state index in [2.05, 4.69) is 10.4 Å². The monoisotopic (exact) mass is 183 g/mol. The first-order valence-corrected chi connectivity index (χ1v) is 4.52. The third-order valence-corrected chi connectivity index (χ3v) is 2.03. The molecular formula is C9H17N3O. The molecule has 0 aromatic carbocycles. The van der Waals surface area contributed by atoms with E-state index in [1.165, 1.54) is 0 Å². The minimum atomic E-state index is 0.235. The first-order valence-electron chi connectivity index (χ1n) is 4.52. The molecule has 0 saturated heterocycles. The molecule has 1 unspecified atom stereocenters. The van der Waals surface area contributed by atoms with Crippen molar-refractivity contribution in [3.63, 3.8) is 0 Å². The fourth-order valence-electron chi connectivity index (χ4n) is 1.09. The molecule has 0 bridgehead atoms. The van der Waals surface area contributed by atoms with E-state index in [-0.39, 0.29) is 6.61 Å². The minimum Gasteiger partial charge on any atom is -0.396 e. The van der Waals surface area contributed by atoms with Crippen LogP contribution in [-0.4, -0.2) is 28.0 Å². The number of aryl methyl sites for hydroxylation is 1.